The summed E-state index contributed by atoms with van der Waals surface area (Å²) in [5, 5.41) is 0. The lowest BCUT2D eigenvalue weighted by Gasteiger charge is -1.96. The molecule has 1 aromatic heterocycles. The highest BCUT2D eigenvalue weighted by atomic mass is 16.5. The van der Waals surface area contributed by atoms with Crippen LogP contribution in [0.2, 0.25) is 0 Å². The highest BCUT2D eigenvalue weighted by Gasteiger charge is 2.14. The maximum atomic E-state index is 11.3. The van der Waals surface area contributed by atoms with Gasteiger partial charge in [-0.2, -0.15) is 0 Å². The Morgan fingerprint density at radius 2 is 1.94 bits per heavy atom. The van der Waals surface area contributed by atoms with Gasteiger partial charge in [0.15, 0.2) is 5.76 Å². The van der Waals surface area contributed by atoms with Crippen molar-refractivity contribution >= 4 is 5.97 Å². The predicted molar refractivity (Wildman–Crippen MR) is 69.2 cm³/mol. The first-order chi connectivity index (χ1) is 8.81. The second-order valence-electron chi connectivity index (χ2n) is 3.12. The Labute approximate surface area is 107 Å². The van der Waals surface area contributed by atoms with Gasteiger partial charge >= 0.3 is 11.9 Å². The molecule has 0 fully saturated rings. The van der Waals surface area contributed by atoms with E-state index < -0.39 is 5.97 Å². The summed E-state index contributed by atoms with van der Waals surface area (Å²) in [5.41, 5.74) is 0.880. The summed E-state index contributed by atoms with van der Waals surface area (Å²) in [6.07, 6.45) is 1.52. The van der Waals surface area contributed by atoms with Crippen LogP contribution in [0.4, 0.5) is 0 Å². The Morgan fingerprint density at radius 1 is 1.28 bits per heavy atom. The van der Waals surface area contributed by atoms with Crippen molar-refractivity contribution in [2.75, 3.05) is 6.61 Å². The van der Waals surface area contributed by atoms with E-state index in [2.05, 4.69) is 4.98 Å². The van der Waals surface area contributed by atoms with Crippen molar-refractivity contribution in [3.8, 4) is 11.3 Å². The van der Waals surface area contributed by atoms with Gasteiger partial charge in [-0.1, -0.05) is 44.2 Å². The minimum absolute atomic E-state index is 0.0132. The normalized spacial score (nSPS) is 9.28. The number of nitrogens with zero attached hydrogens (tertiary/aromatic N) is 1. The molecule has 2 rings (SSSR count). The van der Waals surface area contributed by atoms with Crippen molar-refractivity contribution in [3.05, 3.63) is 42.4 Å². The van der Waals surface area contributed by atoms with Crippen molar-refractivity contribution < 1.29 is 13.9 Å². The summed E-state index contributed by atoms with van der Waals surface area (Å²) >= 11 is 0. The van der Waals surface area contributed by atoms with Crippen LogP contribution in [0.25, 0.3) is 11.3 Å². The number of benzene rings is 1. The number of carbonyl (C=O) groups excluding carboxylic acids is 1. The Kier molecular flexibility index (Phi) is 5.64. The third-order valence-corrected chi connectivity index (χ3v) is 2.01. The van der Waals surface area contributed by atoms with E-state index in [1.807, 2.05) is 44.2 Å². The largest absolute Gasteiger partial charge is 0.459 e. The molecule has 1 heterocycles. The molecule has 4 heteroatoms. The first-order valence-corrected chi connectivity index (χ1v) is 5.99. The van der Waals surface area contributed by atoms with Crippen LogP contribution >= 0.6 is 0 Å². The molecule has 0 radical (unpaired) electrons. The van der Waals surface area contributed by atoms with Gasteiger partial charge in [0, 0.05) is 5.56 Å². The molecule has 0 unspecified atom stereocenters. The summed E-state index contributed by atoms with van der Waals surface area (Å²) in [6.45, 7) is 6.04. The number of oxazole rings is 1. The summed E-state index contributed by atoms with van der Waals surface area (Å²) in [6, 6.07) is 9.46. The zero-order valence-electron chi connectivity index (χ0n) is 10.8. The van der Waals surface area contributed by atoms with Crippen LogP contribution in [0.5, 0.6) is 0 Å². The monoisotopic (exact) mass is 247 g/mol. The molecule has 18 heavy (non-hydrogen) atoms. The average molecular weight is 247 g/mol. The smallest absolute Gasteiger partial charge is 0.394 e. The standard InChI is InChI=1S/C12H11NO3.C2H6/c1-2-15-12(14)11-13-8-10(16-11)9-6-4-3-5-7-9;1-2/h3-8H,2H2,1H3;1-2H3. The number of aromatic nitrogens is 1. The Balaban J connectivity index is 0.000000771. The lowest BCUT2D eigenvalue weighted by Crippen LogP contribution is -2.04. The van der Waals surface area contributed by atoms with E-state index in [-0.39, 0.29) is 5.89 Å². The molecule has 4 nitrogen and oxygen atoms in total. The second-order valence-corrected chi connectivity index (χ2v) is 3.12. The third kappa shape index (κ3) is 3.45. The fourth-order valence-electron chi connectivity index (χ4n) is 1.30. The highest BCUT2D eigenvalue weighted by Crippen LogP contribution is 2.19. The molecule has 0 aliphatic heterocycles. The van der Waals surface area contributed by atoms with Gasteiger partial charge in [-0.05, 0) is 6.92 Å². The van der Waals surface area contributed by atoms with E-state index in [1.165, 1.54) is 6.20 Å². The van der Waals surface area contributed by atoms with E-state index in [4.69, 9.17) is 9.15 Å². The fourth-order valence-corrected chi connectivity index (χ4v) is 1.30. The van der Waals surface area contributed by atoms with Crippen LogP contribution < -0.4 is 0 Å². The van der Waals surface area contributed by atoms with Crippen molar-refractivity contribution in [2.24, 2.45) is 0 Å². The molecule has 0 N–H and O–H groups in total. The Morgan fingerprint density at radius 3 is 2.56 bits per heavy atom. The van der Waals surface area contributed by atoms with Crippen molar-refractivity contribution in [1.29, 1.82) is 0 Å². The Hall–Kier alpha value is -2.10. The molecular weight excluding hydrogens is 230 g/mol. The summed E-state index contributed by atoms with van der Waals surface area (Å²) in [4.78, 5) is 15.2. The predicted octanol–water partition coefficient (Wildman–Crippen LogP) is 3.54. The maximum Gasteiger partial charge on any atom is 0.394 e. The molecule has 96 valence electrons. The van der Waals surface area contributed by atoms with Gasteiger partial charge < -0.3 is 9.15 Å². The average Bonchev–Trinajstić information content (AvgIpc) is 2.92. The van der Waals surface area contributed by atoms with Gasteiger partial charge in [0.25, 0.3) is 0 Å². The van der Waals surface area contributed by atoms with Crippen LogP contribution in [0.15, 0.2) is 40.9 Å². The molecule has 0 aliphatic rings. The highest BCUT2D eigenvalue weighted by molar-refractivity contribution is 5.84. The SMILES string of the molecule is CC.CCOC(=O)c1ncc(-c2ccccc2)o1. The maximum absolute atomic E-state index is 11.3. The van der Waals surface area contributed by atoms with Gasteiger partial charge in [0.2, 0.25) is 0 Å². The topological polar surface area (TPSA) is 52.3 Å². The molecule has 0 spiro atoms. The van der Waals surface area contributed by atoms with Crippen molar-refractivity contribution in [2.45, 2.75) is 20.8 Å². The quantitative estimate of drug-likeness (QED) is 0.778. The molecule has 0 atom stereocenters. The van der Waals surface area contributed by atoms with E-state index >= 15 is 0 Å². The van der Waals surface area contributed by atoms with Crippen LogP contribution in [0.1, 0.15) is 31.5 Å². The lowest BCUT2D eigenvalue weighted by molar-refractivity contribution is 0.0482. The molecule has 0 bridgehead atoms. The Bertz CT molecular complexity index is 477. The number of hydrogen-bond donors (Lipinski definition) is 0. The summed E-state index contributed by atoms with van der Waals surface area (Å²) < 4.78 is 10.1. The van der Waals surface area contributed by atoms with Crippen molar-refractivity contribution in [1.82, 2.24) is 4.98 Å². The summed E-state index contributed by atoms with van der Waals surface area (Å²) in [7, 11) is 0. The lowest BCUT2D eigenvalue weighted by atomic mass is 10.2. The minimum Gasteiger partial charge on any atom is -0.459 e. The summed E-state index contributed by atoms with van der Waals surface area (Å²) in [5.74, 6) is 0.00837. The first kappa shape index (κ1) is 14.0. The van der Waals surface area contributed by atoms with Crippen LogP contribution in [-0.2, 0) is 4.74 Å². The van der Waals surface area contributed by atoms with E-state index in [9.17, 15) is 4.79 Å². The zero-order chi connectivity index (χ0) is 13.4. The zero-order valence-corrected chi connectivity index (χ0v) is 10.8. The molecular formula is C14H17NO3. The van der Waals surface area contributed by atoms with Gasteiger partial charge in [-0.25, -0.2) is 9.78 Å². The van der Waals surface area contributed by atoms with Gasteiger partial charge in [-0.15, -0.1) is 0 Å². The number of ether oxygens (including phenoxy) is 1. The third-order valence-electron chi connectivity index (χ3n) is 2.01. The number of hydrogen-bond acceptors (Lipinski definition) is 4. The van der Waals surface area contributed by atoms with Gasteiger partial charge in [0.05, 0.1) is 12.8 Å². The second kappa shape index (κ2) is 7.27. The molecule has 0 saturated heterocycles. The number of esters is 1. The van der Waals surface area contributed by atoms with Crippen molar-refractivity contribution in [3.63, 3.8) is 0 Å². The van der Waals surface area contributed by atoms with Crippen LogP contribution in [0.3, 0.4) is 0 Å². The molecule has 1 aromatic carbocycles. The number of rotatable bonds is 3. The number of carbonyl (C=O) groups is 1. The molecule has 2 aromatic rings. The van der Waals surface area contributed by atoms with Crippen LogP contribution in [0, 0.1) is 0 Å². The minimum atomic E-state index is -0.537. The van der Waals surface area contributed by atoms with E-state index in [0.29, 0.717) is 12.4 Å². The van der Waals surface area contributed by atoms with E-state index in [0.717, 1.165) is 5.56 Å². The van der Waals surface area contributed by atoms with Gasteiger partial charge in [-0.3, -0.25) is 0 Å². The molecule has 0 amide bonds. The molecule has 0 saturated carbocycles. The first-order valence-electron chi connectivity index (χ1n) is 5.99. The fraction of sp³-hybridized carbons (Fsp3) is 0.286. The van der Waals surface area contributed by atoms with Crippen LogP contribution in [-0.4, -0.2) is 17.6 Å². The van der Waals surface area contributed by atoms with Gasteiger partial charge in [0.1, 0.15) is 0 Å². The molecule has 0 aliphatic carbocycles. The van der Waals surface area contributed by atoms with E-state index in [1.54, 1.807) is 6.92 Å².